The van der Waals surface area contributed by atoms with Gasteiger partial charge in [-0.2, -0.15) is 0 Å². The molecule has 2 aliphatic heterocycles. The number of aliphatic hydroxyl groups is 1. The first-order chi connectivity index (χ1) is 6.63. The third kappa shape index (κ3) is 1.67. The smallest absolute Gasteiger partial charge is 0.0831 e. The lowest BCUT2D eigenvalue weighted by atomic mass is 9.96. The van der Waals surface area contributed by atoms with Crippen molar-refractivity contribution in [3.63, 3.8) is 0 Å². The Morgan fingerprint density at radius 2 is 2.14 bits per heavy atom. The van der Waals surface area contributed by atoms with Crippen LogP contribution in [-0.4, -0.2) is 60.9 Å². The van der Waals surface area contributed by atoms with Gasteiger partial charge in [0.05, 0.1) is 6.10 Å². The molecule has 3 atom stereocenters. The van der Waals surface area contributed by atoms with Crippen LogP contribution in [-0.2, 0) is 0 Å². The van der Waals surface area contributed by atoms with E-state index in [9.17, 15) is 5.11 Å². The Morgan fingerprint density at radius 1 is 1.36 bits per heavy atom. The average molecular weight is 199 g/mol. The zero-order valence-corrected chi connectivity index (χ0v) is 9.08. The van der Waals surface area contributed by atoms with Crippen LogP contribution in [0.4, 0.5) is 0 Å². The van der Waals surface area contributed by atoms with Crippen LogP contribution in [0.15, 0.2) is 0 Å². The maximum absolute atomic E-state index is 9.81. The molecule has 0 saturated carbocycles. The normalized spacial score (nSPS) is 43.7. The fourth-order valence-corrected chi connectivity index (χ4v) is 2.55. The van der Waals surface area contributed by atoms with Crippen LogP contribution in [0.3, 0.4) is 0 Å². The molecule has 2 saturated heterocycles. The standard InChI is InChI=1S/C10H21N3O/c1-10(3-4-11-7-10)13(2)8-5-12-6-9(8)14/h8-9,11-12,14H,3-7H2,1-2H3/t8-,9-,10?/m1/s1. The van der Waals surface area contributed by atoms with Gasteiger partial charge in [-0.1, -0.05) is 0 Å². The summed E-state index contributed by atoms with van der Waals surface area (Å²) >= 11 is 0. The second kappa shape index (κ2) is 3.77. The van der Waals surface area contributed by atoms with E-state index in [1.165, 1.54) is 6.42 Å². The molecule has 2 rings (SSSR count). The van der Waals surface area contributed by atoms with Gasteiger partial charge in [-0.05, 0) is 26.9 Å². The van der Waals surface area contributed by atoms with Gasteiger partial charge in [0.15, 0.2) is 0 Å². The Morgan fingerprint density at radius 3 is 2.64 bits per heavy atom. The first-order valence-corrected chi connectivity index (χ1v) is 5.46. The number of β-amino-alcohol motifs (C(OH)–C–C–N with tert-alkyl or cyclic N) is 1. The summed E-state index contributed by atoms with van der Waals surface area (Å²) in [6, 6.07) is 0.278. The highest BCUT2D eigenvalue weighted by atomic mass is 16.3. The molecule has 2 fully saturated rings. The van der Waals surface area contributed by atoms with Gasteiger partial charge in [0, 0.05) is 31.2 Å². The van der Waals surface area contributed by atoms with E-state index in [1.54, 1.807) is 0 Å². The molecule has 14 heavy (non-hydrogen) atoms. The van der Waals surface area contributed by atoms with Gasteiger partial charge < -0.3 is 15.7 Å². The van der Waals surface area contributed by atoms with E-state index in [0.29, 0.717) is 0 Å². The van der Waals surface area contributed by atoms with Crippen LogP contribution in [0.1, 0.15) is 13.3 Å². The molecular formula is C10H21N3O. The Kier molecular flexibility index (Phi) is 2.79. The summed E-state index contributed by atoms with van der Waals surface area (Å²) < 4.78 is 0. The monoisotopic (exact) mass is 199 g/mol. The van der Waals surface area contributed by atoms with Crippen molar-refractivity contribution in [3.8, 4) is 0 Å². The second-order valence-electron chi connectivity index (χ2n) is 4.83. The zero-order valence-electron chi connectivity index (χ0n) is 9.08. The van der Waals surface area contributed by atoms with E-state index < -0.39 is 0 Å². The minimum absolute atomic E-state index is 0.211. The van der Waals surface area contributed by atoms with Gasteiger partial charge >= 0.3 is 0 Å². The van der Waals surface area contributed by atoms with Crippen molar-refractivity contribution in [1.82, 2.24) is 15.5 Å². The third-order valence-electron chi connectivity index (χ3n) is 3.85. The largest absolute Gasteiger partial charge is 0.390 e. The number of nitrogens with zero attached hydrogens (tertiary/aromatic N) is 1. The fourth-order valence-electron chi connectivity index (χ4n) is 2.55. The summed E-state index contributed by atoms with van der Waals surface area (Å²) in [5, 5.41) is 16.4. The Balaban J connectivity index is 2.02. The van der Waals surface area contributed by atoms with Crippen molar-refractivity contribution in [2.75, 3.05) is 33.2 Å². The van der Waals surface area contributed by atoms with Crippen LogP contribution in [0.2, 0.25) is 0 Å². The van der Waals surface area contributed by atoms with E-state index in [1.807, 2.05) is 0 Å². The molecule has 0 aromatic rings. The van der Waals surface area contributed by atoms with Crippen LogP contribution in [0.25, 0.3) is 0 Å². The van der Waals surface area contributed by atoms with Crippen LogP contribution < -0.4 is 10.6 Å². The minimum atomic E-state index is -0.211. The molecule has 0 spiro atoms. The second-order valence-corrected chi connectivity index (χ2v) is 4.83. The predicted molar refractivity (Wildman–Crippen MR) is 56.3 cm³/mol. The number of likely N-dealkylation sites (N-methyl/N-ethyl adjacent to an activating group) is 1. The molecule has 0 aliphatic carbocycles. The van der Waals surface area contributed by atoms with Gasteiger partial charge in [0.1, 0.15) is 0 Å². The summed E-state index contributed by atoms with van der Waals surface area (Å²) in [6.07, 6.45) is 0.963. The lowest BCUT2D eigenvalue weighted by Gasteiger charge is -2.40. The molecule has 0 amide bonds. The van der Waals surface area contributed by atoms with Crippen molar-refractivity contribution in [2.45, 2.75) is 31.0 Å². The maximum atomic E-state index is 9.81. The van der Waals surface area contributed by atoms with Gasteiger partial charge in [-0.15, -0.1) is 0 Å². The molecule has 2 heterocycles. The summed E-state index contributed by atoms with van der Waals surface area (Å²) in [4.78, 5) is 2.34. The molecule has 0 bridgehead atoms. The molecule has 3 N–H and O–H groups in total. The van der Waals surface area contributed by atoms with Gasteiger partial charge in [-0.3, -0.25) is 4.90 Å². The first kappa shape index (κ1) is 10.4. The molecular weight excluding hydrogens is 178 g/mol. The van der Waals surface area contributed by atoms with Crippen molar-refractivity contribution < 1.29 is 5.11 Å². The number of nitrogens with one attached hydrogen (secondary N) is 2. The topological polar surface area (TPSA) is 47.5 Å². The highest BCUT2D eigenvalue weighted by Gasteiger charge is 2.40. The van der Waals surface area contributed by atoms with Crippen molar-refractivity contribution >= 4 is 0 Å². The Bertz CT molecular complexity index is 204. The molecule has 1 unspecified atom stereocenters. The molecule has 0 radical (unpaired) electrons. The average Bonchev–Trinajstić information content (AvgIpc) is 2.74. The van der Waals surface area contributed by atoms with Crippen LogP contribution >= 0.6 is 0 Å². The van der Waals surface area contributed by atoms with E-state index in [-0.39, 0.29) is 17.7 Å². The molecule has 2 aliphatic rings. The number of hydrogen-bond acceptors (Lipinski definition) is 4. The third-order valence-corrected chi connectivity index (χ3v) is 3.85. The number of rotatable bonds is 2. The van der Waals surface area contributed by atoms with E-state index in [0.717, 1.165) is 26.2 Å². The lowest BCUT2D eigenvalue weighted by molar-refractivity contribution is 0.0385. The van der Waals surface area contributed by atoms with Gasteiger partial charge in [-0.25, -0.2) is 0 Å². The van der Waals surface area contributed by atoms with Crippen molar-refractivity contribution in [3.05, 3.63) is 0 Å². The molecule has 4 nitrogen and oxygen atoms in total. The zero-order chi connectivity index (χ0) is 10.2. The molecule has 0 aromatic heterocycles. The first-order valence-electron chi connectivity index (χ1n) is 5.46. The van der Waals surface area contributed by atoms with Crippen LogP contribution in [0.5, 0.6) is 0 Å². The van der Waals surface area contributed by atoms with E-state index in [4.69, 9.17) is 0 Å². The fraction of sp³-hybridized carbons (Fsp3) is 1.00. The van der Waals surface area contributed by atoms with E-state index >= 15 is 0 Å². The predicted octanol–water partition coefficient (Wildman–Crippen LogP) is -0.997. The van der Waals surface area contributed by atoms with Gasteiger partial charge in [0.2, 0.25) is 0 Å². The van der Waals surface area contributed by atoms with Gasteiger partial charge in [0.25, 0.3) is 0 Å². The van der Waals surface area contributed by atoms with Crippen molar-refractivity contribution in [1.29, 1.82) is 0 Å². The summed E-state index contributed by atoms with van der Waals surface area (Å²) in [5.74, 6) is 0. The molecule has 0 aromatic carbocycles. The Labute approximate surface area is 85.7 Å². The Hall–Kier alpha value is -0.160. The number of hydrogen-bond donors (Lipinski definition) is 3. The SMILES string of the molecule is CN([C@@H]1CNC[C@H]1O)C1(C)CCNC1. The minimum Gasteiger partial charge on any atom is -0.390 e. The molecule has 4 heteroatoms. The molecule has 82 valence electrons. The maximum Gasteiger partial charge on any atom is 0.0831 e. The number of aliphatic hydroxyl groups excluding tert-OH is 1. The highest BCUT2D eigenvalue weighted by molar-refractivity contribution is 4.99. The summed E-state index contributed by atoms with van der Waals surface area (Å²) in [7, 11) is 2.13. The lowest BCUT2D eigenvalue weighted by Crippen LogP contribution is -2.54. The van der Waals surface area contributed by atoms with Crippen LogP contribution in [0, 0.1) is 0 Å². The van der Waals surface area contributed by atoms with Crippen molar-refractivity contribution in [2.24, 2.45) is 0 Å². The van der Waals surface area contributed by atoms with E-state index in [2.05, 4.69) is 29.5 Å². The summed E-state index contributed by atoms with van der Waals surface area (Å²) in [5.41, 5.74) is 0.220. The quantitative estimate of drug-likeness (QED) is 0.534. The summed E-state index contributed by atoms with van der Waals surface area (Å²) in [6.45, 7) is 6.05. The highest BCUT2D eigenvalue weighted by Crippen LogP contribution is 2.25.